The Hall–Kier alpha value is -0.530. The highest BCUT2D eigenvalue weighted by atomic mass is 19.4. The molecule has 1 nitrogen and oxygen atoms in total. The third-order valence-corrected chi connectivity index (χ3v) is 1.02. The summed E-state index contributed by atoms with van der Waals surface area (Å²) >= 11 is 0. The van der Waals surface area contributed by atoms with E-state index < -0.39 is 24.9 Å². The number of alkyl halides is 6. The highest BCUT2D eigenvalue weighted by molar-refractivity contribution is 4.74. The van der Waals surface area contributed by atoms with Crippen LogP contribution in [0.4, 0.5) is 30.9 Å². The molecule has 0 fully saturated rings. The maximum Gasteiger partial charge on any atom is 0.402 e. The van der Waals surface area contributed by atoms with Gasteiger partial charge in [0.15, 0.2) is 5.92 Å². The van der Waals surface area contributed by atoms with E-state index in [1.807, 2.05) is 0 Å². The van der Waals surface area contributed by atoms with E-state index in [4.69, 9.17) is 0 Å². The van der Waals surface area contributed by atoms with Crippen LogP contribution in [-0.4, -0.2) is 19.0 Å². The molecule has 74 valence electrons. The molecule has 0 radical (unpaired) electrons. The van der Waals surface area contributed by atoms with Crippen molar-refractivity contribution in [1.82, 2.24) is 0 Å². The third kappa shape index (κ3) is 3.24. The number of halogens is 7. The summed E-state index contributed by atoms with van der Waals surface area (Å²) in [4.78, 5) is 2.32. The van der Waals surface area contributed by atoms with E-state index in [0.29, 0.717) is 0 Å². The monoisotopic (exact) mass is 200 g/mol. The Balaban J connectivity index is 4.45. The molecule has 0 heterocycles. The number of rotatable bonds is 2. The van der Waals surface area contributed by atoms with E-state index in [9.17, 15) is 30.9 Å². The van der Waals surface area contributed by atoms with Gasteiger partial charge < -0.3 is 0 Å². The fourth-order valence-electron chi connectivity index (χ4n) is 0.438. The van der Waals surface area contributed by atoms with Crippen molar-refractivity contribution < 1.29 is 35.8 Å². The normalized spacial score (nSPS) is 14.0. The fourth-order valence-corrected chi connectivity index (χ4v) is 0.438. The first-order valence-electron chi connectivity index (χ1n) is 2.56. The van der Waals surface area contributed by atoms with Crippen LogP contribution in [0, 0.1) is 5.92 Å². The predicted octanol–water partition coefficient (Wildman–Crippen LogP) is 2.63. The van der Waals surface area contributed by atoms with Gasteiger partial charge >= 0.3 is 12.4 Å². The molecule has 0 saturated heterocycles. The van der Waals surface area contributed by atoms with Crippen molar-refractivity contribution >= 4 is 0 Å². The molecule has 0 spiro atoms. The minimum atomic E-state index is -5.54. The van der Waals surface area contributed by atoms with Gasteiger partial charge in [0.25, 0.3) is 0 Å². The van der Waals surface area contributed by atoms with Crippen molar-refractivity contribution in [3.05, 3.63) is 0 Å². The van der Waals surface area contributed by atoms with E-state index in [0.717, 1.165) is 0 Å². The van der Waals surface area contributed by atoms with Crippen LogP contribution in [0.1, 0.15) is 0 Å². The summed E-state index contributed by atoms with van der Waals surface area (Å²) < 4.78 is 79.4. The van der Waals surface area contributed by atoms with Crippen LogP contribution in [0.25, 0.3) is 0 Å². The molecule has 0 saturated carbocycles. The molecule has 0 aromatic heterocycles. The van der Waals surface area contributed by atoms with Gasteiger partial charge in [-0.1, -0.05) is 0 Å². The quantitative estimate of drug-likeness (QED) is 0.622. The SMILES string of the molecule is FOCC(C(F)(F)F)C(F)(F)F. The van der Waals surface area contributed by atoms with E-state index in [-0.39, 0.29) is 0 Å². The molecule has 8 heteroatoms. The Bertz CT molecular complexity index is 121. The fraction of sp³-hybridized carbons (Fsp3) is 1.00. The molecule has 0 bridgehead atoms. The van der Waals surface area contributed by atoms with Gasteiger partial charge in [-0.2, -0.15) is 31.3 Å². The molecule has 0 aromatic carbocycles. The minimum Gasteiger partial charge on any atom is -0.193 e. The molecule has 0 aliphatic carbocycles. The summed E-state index contributed by atoms with van der Waals surface area (Å²) in [5.41, 5.74) is 0. The van der Waals surface area contributed by atoms with Crippen LogP contribution in [-0.2, 0) is 4.94 Å². The molecule has 12 heavy (non-hydrogen) atoms. The highest BCUT2D eigenvalue weighted by Gasteiger charge is 2.56. The Morgan fingerprint density at radius 1 is 0.917 bits per heavy atom. The van der Waals surface area contributed by atoms with Crippen LogP contribution < -0.4 is 0 Å². The van der Waals surface area contributed by atoms with Crippen molar-refractivity contribution in [2.75, 3.05) is 6.61 Å². The summed E-state index contributed by atoms with van der Waals surface area (Å²) in [6.45, 7) is -2.06. The van der Waals surface area contributed by atoms with Crippen LogP contribution in [0.5, 0.6) is 0 Å². The first-order valence-corrected chi connectivity index (χ1v) is 2.56. The van der Waals surface area contributed by atoms with Gasteiger partial charge in [0.1, 0.15) is 6.61 Å². The topological polar surface area (TPSA) is 9.23 Å². The summed E-state index contributed by atoms with van der Waals surface area (Å²) in [6.07, 6.45) is -11.1. The summed E-state index contributed by atoms with van der Waals surface area (Å²) in [7, 11) is 0. The van der Waals surface area contributed by atoms with Crippen molar-refractivity contribution in [2.24, 2.45) is 5.92 Å². The second-order valence-electron chi connectivity index (χ2n) is 1.91. The van der Waals surface area contributed by atoms with Gasteiger partial charge in [-0.05, 0) is 4.53 Å². The average Bonchev–Trinajstić information content (AvgIpc) is 1.77. The van der Waals surface area contributed by atoms with Crippen molar-refractivity contribution in [2.45, 2.75) is 12.4 Å². The summed E-state index contributed by atoms with van der Waals surface area (Å²) in [5, 5.41) is 0. The van der Waals surface area contributed by atoms with Gasteiger partial charge in [0.05, 0.1) is 0 Å². The summed E-state index contributed by atoms with van der Waals surface area (Å²) in [5.74, 6) is -3.77. The molecule has 0 aliphatic rings. The van der Waals surface area contributed by atoms with Crippen LogP contribution in [0.3, 0.4) is 0 Å². The molecule has 0 atom stereocenters. The van der Waals surface area contributed by atoms with Crippen molar-refractivity contribution in [1.29, 1.82) is 0 Å². The lowest BCUT2D eigenvalue weighted by molar-refractivity contribution is -0.312. The third-order valence-electron chi connectivity index (χ3n) is 1.02. The maximum atomic E-state index is 11.4. The molecular formula is C4H3F7O. The van der Waals surface area contributed by atoms with E-state index in [1.165, 1.54) is 0 Å². The second-order valence-corrected chi connectivity index (χ2v) is 1.91. The lowest BCUT2D eigenvalue weighted by Crippen LogP contribution is -2.39. The second kappa shape index (κ2) is 3.46. The first kappa shape index (κ1) is 11.5. The van der Waals surface area contributed by atoms with Crippen molar-refractivity contribution in [3.8, 4) is 0 Å². The summed E-state index contributed by atoms with van der Waals surface area (Å²) in [6, 6.07) is 0. The van der Waals surface area contributed by atoms with Crippen LogP contribution in [0.15, 0.2) is 0 Å². The largest absolute Gasteiger partial charge is 0.402 e. The molecule has 0 aliphatic heterocycles. The minimum absolute atomic E-state index is 2.06. The van der Waals surface area contributed by atoms with Gasteiger partial charge in [-0.3, -0.25) is 0 Å². The lowest BCUT2D eigenvalue weighted by Gasteiger charge is -2.20. The van der Waals surface area contributed by atoms with E-state index >= 15 is 0 Å². The Morgan fingerprint density at radius 2 is 1.25 bits per heavy atom. The predicted molar refractivity (Wildman–Crippen MR) is 22.7 cm³/mol. The zero-order chi connectivity index (χ0) is 9.99. The molecule has 0 amide bonds. The highest BCUT2D eigenvalue weighted by Crippen LogP contribution is 2.39. The molecule has 0 rings (SSSR count). The molecule has 0 N–H and O–H groups in total. The van der Waals surface area contributed by atoms with Gasteiger partial charge in [0.2, 0.25) is 0 Å². The van der Waals surface area contributed by atoms with E-state index in [2.05, 4.69) is 4.94 Å². The standard InChI is InChI=1S/C4H3F7O/c5-3(6,7)2(1-12-11)4(8,9)10/h2H,1H2. The Morgan fingerprint density at radius 3 is 1.33 bits per heavy atom. The maximum absolute atomic E-state index is 11.4. The van der Waals surface area contributed by atoms with Crippen LogP contribution >= 0.6 is 0 Å². The molecule has 0 aromatic rings. The van der Waals surface area contributed by atoms with Gasteiger partial charge in [-0.25, -0.2) is 0 Å². The molecule has 0 unspecified atom stereocenters. The smallest absolute Gasteiger partial charge is 0.193 e. The molecular weight excluding hydrogens is 197 g/mol. The van der Waals surface area contributed by atoms with Gasteiger partial charge in [-0.15, -0.1) is 0 Å². The van der Waals surface area contributed by atoms with E-state index in [1.54, 1.807) is 0 Å². The Labute approximate surface area is 62.0 Å². The Kier molecular flexibility index (Phi) is 3.31. The number of hydrogen-bond donors (Lipinski definition) is 0. The lowest BCUT2D eigenvalue weighted by atomic mass is 10.1. The zero-order valence-corrected chi connectivity index (χ0v) is 5.34. The van der Waals surface area contributed by atoms with Gasteiger partial charge in [0, 0.05) is 0 Å². The van der Waals surface area contributed by atoms with Crippen molar-refractivity contribution in [3.63, 3.8) is 0 Å². The first-order chi connectivity index (χ1) is 5.19. The number of hydrogen-bond acceptors (Lipinski definition) is 1. The average molecular weight is 200 g/mol. The zero-order valence-electron chi connectivity index (χ0n) is 5.34. The van der Waals surface area contributed by atoms with Crippen LogP contribution in [0.2, 0.25) is 0 Å².